The van der Waals surface area contributed by atoms with Gasteiger partial charge in [-0.15, -0.1) is 0 Å². The van der Waals surface area contributed by atoms with Crippen molar-refractivity contribution in [3.63, 3.8) is 0 Å². The van der Waals surface area contributed by atoms with Crippen molar-refractivity contribution in [1.29, 1.82) is 10.5 Å². The molecule has 26 heavy (non-hydrogen) atoms. The van der Waals surface area contributed by atoms with Gasteiger partial charge in [0.2, 0.25) is 0 Å². The smallest absolute Gasteiger partial charge is 0.309 e. The molecule has 7 heteroatoms. The highest BCUT2D eigenvalue weighted by Gasteiger charge is 2.47. The average Bonchev–Trinajstić information content (AvgIpc) is 2.86. The molecular formula is C19H17IN2O3S. The van der Waals surface area contributed by atoms with Crippen molar-refractivity contribution in [2.45, 2.75) is 32.6 Å². The summed E-state index contributed by atoms with van der Waals surface area (Å²) in [5.74, 6) is -0.680. The summed E-state index contributed by atoms with van der Waals surface area (Å²) in [7, 11) is 1.35. The van der Waals surface area contributed by atoms with Crippen molar-refractivity contribution in [3.8, 4) is 12.1 Å². The van der Waals surface area contributed by atoms with Gasteiger partial charge in [-0.25, -0.2) is 0 Å². The van der Waals surface area contributed by atoms with Crippen LogP contribution in [0.2, 0.25) is 0 Å². The zero-order valence-corrected chi connectivity index (χ0v) is 17.2. The highest BCUT2D eigenvalue weighted by atomic mass is 127. The van der Waals surface area contributed by atoms with Gasteiger partial charge in [0.1, 0.15) is 0 Å². The topological polar surface area (TPSA) is 90.9 Å². The highest BCUT2D eigenvalue weighted by molar-refractivity contribution is 14.2. The number of Topliss-reactive ketones (excluding diaryl/α,β-unsaturated/α-hetero) is 1. The molecule has 3 rings (SSSR count). The standard InChI is InChI=1S/C19H17IN2O3S/c1-2-25-18(24)11-3-4-15-13(5-11)6-12-7-16(23)17(26-20)14(12)8-19(15,9-21)10-22/h4,6,11,13H,2-3,5,7-8H2,1H3/t11-,13-/m0/s1. The first-order valence-electron chi connectivity index (χ1n) is 8.45. The van der Waals surface area contributed by atoms with Crippen LogP contribution in [0, 0.1) is 39.9 Å². The van der Waals surface area contributed by atoms with Gasteiger partial charge in [0.15, 0.2) is 11.2 Å². The Balaban J connectivity index is 2.09. The zero-order valence-electron chi connectivity index (χ0n) is 14.3. The molecule has 3 aliphatic rings. The van der Waals surface area contributed by atoms with E-state index in [2.05, 4.69) is 33.3 Å². The number of carbonyl (C=O) groups is 2. The van der Waals surface area contributed by atoms with Gasteiger partial charge in [-0.3, -0.25) is 9.59 Å². The van der Waals surface area contributed by atoms with Crippen LogP contribution in [0.15, 0.2) is 33.8 Å². The number of carbonyl (C=O) groups excluding carboxylic acids is 2. The minimum atomic E-state index is -1.29. The van der Waals surface area contributed by atoms with Crippen LogP contribution in [-0.2, 0) is 14.3 Å². The minimum Gasteiger partial charge on any atom is -0.466 e. The van der Waals surface area contributed by atoms with E-state index in [-0.39, 0.29) is 30.0 Å². The van der Waals surface area contributed by atoms with Crippen molar-refractivity contribution in [3.05, 3.63) is 33.8 Å². The normalized spacial score (nSPS) is 26.5. The number of ketones is 1. The first-order chi connectivity index (χ1) is 12.5. The van der Waals surface area contributed by atoms with Gasteiger partial charge in [-0.05, 0) is 45.4 Å². The Hall–Kier alpha value is -1.58. The second-order valence-electron chi connectivity index (χ2n) is 6.67. The molecule has 0 unspecified atom stereocenters. The summed E-state index contributed by atoms with van der Waals surface area (Å²) < 4.78 is 5.15. The third kappa shape index (κ3) is 3.12. The van der Waals surface area contributed by atoms with Crippen LogP contribution in [0.4, 0.5) is 0 Å². The van der Waals surface area contributed by atoms with E-state index in [1.807, 2.05) is 12.2 Å². The van der Waals surface area contributed by atoms with Crippen LogP contribution in [0.1, 0.15) is 32.6 Å². The molecule has 134 valence electrons. The zero-order chi connectivity index (χ0) is 18.9. The lowest BCUT2D eigenvalue weighted by molar-refractivity contribution is -0.148. The molecule has 0 radical (unpaired) electrons. The number of nitrogens with zero attached hydrogens (tertiary/aromatic N) is 2. The monoisotopic (exact) mass is 480 g/mol. The number of nitriles is 2. The predicted molar refractivity (Wildman–Crippen MR) is 106 cm³/mol. The molecule has 0 aromatic rings. The number of halogens is 1. The number of fused-ring (bicyclic) bond motifs is 2. The highest BCUT2D eigenvalue weighted by Crippen LogP contribution is 2.52. The Kier molecular flexibility index (Phi) is 5.59. The molecule has 0 saturated carbocycles. The van der Waals surface area contributed by atoms with E-state index in [0.717, 1.165) is 16.7 Å². The summed E-state index contributed by atoms with van der Waals surface area (Å²) in [6, 6.07) is 4.42. The Labute approximate surface area is 168 Å². The fourth-order valence-electron chi connectivity index (χ4n) is 4.01. The van der Waals surface area contributed by atoms with Gasteiger partial charge in [0, 0.05) is 40.0 Å². The molecule has 0 N–H and O–H groups in total. The third-order valence-corrected chi connectivity index (χ3v) is 7.19. The first-order valence-corrected chi connectivity index (χ1v) is 11.8. The maximum atomic E-state index is 12.3. The molecule has 0 saturated heterocycles. The summed E-state index contributed by atoms with van der Waals surface area (Å²) in [4.78, 5) is 25.1. The van der Waals surface area contributed by atoms with Gasteiger partial charge in [0.05, 0.1) is 29.6 Å². The average molecular weight is 480 g/mol. The molecule has 5 nitrogen and oxygen atoms in total. The minimum absolute atomic E-state index is 0.0422. The van der Waals surface area contributed by atoms with E-state index in [1.54, 1.807) is 6.92 Å². The van der Waals surface area contributed by atoms with E-state index < -0.39 is 5.41 Å². The summed E-state index contributed by atoms with van der Waals surface area (Å²) >= 11 is 2.07. The Morgan fingerprint density at radius 3 is 2.81 bits per heavy atom. The molecule has 0 fully saturated rings. The first kappa shape index (κ1) is 19.2. The van der Waals surface area contributed by atoms with Crippen LogP contribution in [0.25, 0.3) is 0 Å². The van der Waals surface area contributed by atoms with Crippen LogP contribution >= 0.6 is 30.1 Å². The van der Waals surface area contributed by atoms with Gasteiger partial charge >= 0.3 is 5.97 Å². The van der Waals surface area contributed by atoms with E-state index >= 15 is 0 Å². The number of rotatable bonds is 3. The summed E-state index contributed by atoms with van der Waals surface area (Å²) in [6.45, 7) is 2.10. The number of allylic oxidation sites excluding steroid dienone is 6. The van der Waals surface area contributed by atoms with E-state index in [9.17, 15) is 20.1 Å². The van der Waals surface area contributed by atoms with Crippen molar-refractivity contribution < 1.29 is 14.3 Å². The molecule has 0 bridgehead atoms. The number of esters is 1. The second-order valence-corrected chi connectivity index (χ2v) is 8.55. The van der Waals surface area contributed by atoms with Crippen molar-refractivity contribution in [2.24, 2.45) is 17.3 Å². The molecular weight excluding hydrogens is 463 g/mol. The van der Waals surface area contributed by atoms with Crippen molar-refractivity contribution in [1.82, 2.24) is 0 Å². The maximum absolute atomic E-state index is 12.3. The van der Waals surface area contributed by atoms with Crippen LogP contribution < -0.4 is 0 Å². The van der Waals surface area contributed by atoms with Gasteiger partial charge in [-0.2, -0.15) is 10.5 Å². The summed E-state index contributed by atoms with van der Waals surface area (Å²) in [6.07, 6.45) is 5.40. The fraction of sp³-hybridized carbons (Fsp3) is 0.474. The molecule has 3 aliphatic carbocycles. The van der Waals surface area contributed by atoms with Crippen molar-refractivity contribution >= 4 is 41.9 Å². The summed E-state index contributed by atoms with van der Waals surface area (Å²) in [5.41, 5.74) is 1.20. The molecule has 0 aromatic carbocycles. The lowest BCUT2D eigenvalue weighted by Gasteiger charge is -2.31. The van der Waals surface area contributed by atoms with Crippen molar-refractivity contribution in [2.75, 3.05) is 6.61 Å². The lowest BCUT2D eigenvalue weighted by atomic mass is 9.68. The second kappa shape index (κ2) is 7.58. The largest absolute Gasteiger partial charge is 0.466 e. The molecule has 2 atom stereocenters. The lowest BCUT2D eigenvalue weighted by Crippen LogP contribution is -2.30. The Morgan fingerprint density at radius 1 is 1.46 bits per heavy atom. The van der Waals surface area contributed by atoms with Crippen LogP contribution in [0.5, 0.6) is 0 Å². The van der Waals surface area contributed by atoms with Crippen LogP contribution in [0.3, 0.4) is 0 Å². The summed E-state index contributed by atoms with van der Waals surface area (Å²) in [5, 5.41) is 19.7. The Bertz CT molecular complexity index is 830. The predicted octanol–water partition coefficient (Wildman–Crippen LogP) is 4.18. The molecule has 0 spiro atoms. The van der Waals surface area contributed by atoms with E-state index in [1.165, 1.54) is 8.93 Å². The SMILES string of the molecule is CCOC(=O)[C@H]1CC=C2[C@H](C=C3CC(=O)C(SI)=C3CC2(C#N)C#N)C1. The van der Waals surface area contributed by atoms with E-state index in [4.69, 9.17) is 4.74 Å². The van der Waals surface area contributed by atoms with Gasteiger partial charge < -0.3 is 4.74 Å². The third-order valence-electron chi connectivity index (χ3n) is 5.24. The number of ether oxygens (including phenoxy) is 1. The van der Waals surface area contributed by atoms with Gasteiger partial charge in [-0.1, -0.05) is 12.2 Å². The van der Waals surface area contributed by atoms with E-state index in [0.29, 0.717) is 30.8 Å². The Morgan fingerprint density at radius 2 is 2.19 bits per heavy atom. The number of hydrogen-bond acceptors (Lipinski definition) is 6. The fourth-order valence-corrected chi connectivity index (χ4v) is 6.00. The molecule has 0 aromatic heterocycles. The molecule has 0 aliphatic heterocycles. The molecule has 0 heterocycles. The maximum Gasteiger partial charge on any atom is 0.309 e. The van der Waals surface area contributed by atoms with Crippen LogP contribution in [-0.4, -0.2) is 18.4 Å². The molecule has 0 amide bonds. The van der Waals surface area contributed by atoms with Gasteiger partial charge in [0.25, 0.3) is 0 Å². The number of hydrogen-bond donors (Lipinski definition) is 0. The quantitative estimate of drug-likeness (QED) is 0.342.